The molecular formula is C15H23ClN2. The van der Waals surface area contributed by atoms with Crippen molar-refractivity contribution in [3.05, 3.63) is 28.3 Å². The van der Waals surface area contributed by atoms with Crippen molar-refractivity contribution in [2.24, 2.45) is 0 Å². The summed E-state index contributed by atoms with van der Waals surface area (Å²) in [6.07, 6.45) is 2.44. The molecule has 2 nitrogen and oxygen atoms in total. The van der Waals surface area contributed by atoms with Crippen LogP contribution in [0.25, 0.3) is 0 Å². The van der Waals surface area contributed by atoms with Crippen LogP contribution in [0.1, 0.15) is 24.0 Å². The van der Waals surface area contributed by atoms with Crippen molar-refractivity contribution in [3.63, 3.8) is 0 Å². The average Bonchev–Trinajstić information content (AvgIpc) is 2.28. The van der Waals surface area contributed by atoms with Gasteiger partial charge in [0.25, 0.3) is 0 Å². The van der Waals surface area contributed by atoms with E-state index in [4.69, 9.17) is 11.6 Å². The highest BCUT2D eigenvalue weighted by molar-refractivity contribution is 6.33. The van der Waals surface area contributed by atoms with Crippen molar-refractivity contribution >= 4 is 17.3 Å². The molecule has 1 aliphatic heterocycles. The van der Waals surface area contributed by atoms with E-state index in [2.05, 4.69) is 49.9 Å². The summed E-state index contributed by atoms with van der Waals surface area (Å²) in [7, 11) is 4.34. The van der Waals surface area contributed by atoms with Gasteiger partial charge in [-0.25, -0.2) is 0 Å². The second-order valence-electron chi connectivity index (χ2n) is 5.59. The number of hydrogen-bond donors (Lipinski definition) is 0. The minimum absolute atomic E-state index is 0.714. The van der Waals surface area contributed by atoms with Crippen LogP contribution >= 0.6 is 11.6 Å². The van der Waals surface area contributed by atoms with Crippen LogP contribution in [0.4, 0.5) is 5.69 Å². The van der Waals surface area contributed by atoms with Gasteiger partial charge >= 0.3 is 0 Å². The van der Waals surface area contributed by atoms with Crippen molar-refractivity contribution in [2.75, 3.05) is 32.1 Å². The Balaban J connectivity index is 2.15. The molecule has 1 aliphatic rings. The van der Waals surface area contributed by atoms with E-state index in [1.807, 2.05) is 0 Å². The number of halogens is 1. The smallest absolute Gasteiger partial charge is 0.0644 e. The minimum Gasteiger partial charge on any atom is -0.370 e. The fraction of sp³-hybridized carbons (Fsp3) is 0.600. The average molecular weight is 267 g/mol. The molecule has 0 aliphatic carbocycles. The van der Waals surface area contributed by atoms with Gasteiger partial charge in [-0.1, -0.05) is 17.7 Å². The molecule has 3 heteroatoms. The minimum atomic E-state index is 0.714. The summed E-state index contributed by atoms with van der Waals surface area (Å²) in [5.41, 5.74) is 3.77. The Morgan fingerprint density at radius 2 is 1.78 bits per heavy atom. The zero-order valence-corrected chi connectivity index (χ0v) is 12.6. The molecule has 0 N–H and O–H groups in total. The van der Waals surface area contributed by atoms with Crippen LogP contribution in [-0.4, -0.2) is 38.1 Å². The first kappa shape index (κ1) is 13.7. The molecule has 0 atom stereocenters. The topological polar surface area (TPSA) is 6.48 Å². The fourth-order valence-corrected chi connectivity index (χ4v) is 3.36. The van der Waals surface area contributed by atoms with Gasteiger partial charge < -0.3 is 9.80 Å². The molecule has 0 amide bonds. The van der Waals surface area contributed by atoms with E-state index in [1.54, 1.807) is 0 Å². The number of piperidine rings is 1. The lowest BCUT2D eigenvalue weighted by molar-refractivity contribution is 0.249. The molecule has 18 heavy (non-hydrogen) atoms. The van der Waals surface area contributed by atoms with Crippen molar-refractivity contribution in [1.29, 1.82) is 0 Å². The normalized spacial score (nSPS) is 17.6. The van der Waals surface area contributed by atoms with Gasteiger partial charge in [-0.2, -0.15) is 0 Å². The van der Waals surface area contributed by atoms with Crippen molar-refractivity contribution in [1.82, 2.24) is 4.90 Å². The SMILES string of the molecule is Cc1cc(C)c(N2CCC(N(C)C)CC2)c(Cl)c1. The molecule has 0 unspecified atom stereocenters. The van der Waals surface area contributed by atoms with Crippen LogP contribution in [0.3, 0.4) is 0 Å². The number of anilines is 1. The first-order valence-corrected chi connectivity index (χ1v) is 7.05. The van der Waals surface area contributed by atoms with Gasteiger partial charge in [-0.3, -0.25) is 0 Å². The lowest BCUT2D eigenvalue weighted by Gasteiger charge is -2.37. The summed E-state index contributed by atoms with van der Waals surface area (Å²) in [6.45, 7) is 6.46. The molecule has 1 aromatic carbocycles. The maximum Gasteiger partial charge on any atom is 0.0644 e. The van der Waals surface area contributed by atoms with Crippen LogP contribution in [0.5, 0.6) is 0 Å². The Labute approximate surface area is 116 Å². The zero-order chi connectivity index (χ0) is 13.3. The predicted molar refractivity (Wildman–Crippen MR) is 79.8 cm³/mol. The molecule has 1 heterocycles. The maximum absolute atomic E-state index is 6.41. The fourth-order valence-electron chi connectivity index (χ4n) is 2.91. The Hall–Kier alpha value is -0.730. The van der Waals surface area contributed by atoms with E-state index in [1.165, 1.54) is 29.7 Å². The number of hydrogen-bond acceptors (Lipinski definition) is 2. The third kappa shape index (κ3) is 2.81. The second kappa shape index (κ2) is 5.50. The van der Waals surface area contributed by atoms with Gasteiger partial charge in [0.1, 0.15) is 0 Å². The molecule has 1 saturated heterocycles. The second-order valence-corrected chi connectivity index (χ2v) is 6.00. The molecule has 0 bridgehead atoms. The van der Waals surface area contributed by atoms with Gasteiger partial charge in [0.05, 0.1) is 10.7 Å². The van der Waals surface area contributed by atoms with Crippen molar-refractivity contribution in [3.8, 4) is 0 Å². The van der Waals surface area contributed by atoms with Crippen LogP contribution < -0.4 is 4.90 Å². The monoisotopic (exact) mass is 266 g/mol. The van der Waals surface area contributed by atoms with Gasteiger partial charge in [-0.15, -0.1) is 0 Å². The lowest BCUT2D eigenvalue weighted by Crippen LogP contribution is -2.42. The van der Waals surface area contributed by atoms with Gasteiger partial charge in [0.2, 0.25) is 0 Å². The lowest BCUT2D eigenvalue weighted by atomic mass is 10.0. The molecule has 1 aromatic rings. The molecule has 0 spiro atoms. The highest BCUT2D eigenvalue weighted by atomic mass is 35.5. The molecule has 0 saturated carbocycles. The Morgan fingerprint density at radius 1 is 1.17 bits per heavy atom. The van der Waals surface area contributed by atoms with Gasteiger partial charge in [-0.05, 0) is 58.0 Å². The van der Waals surface area contributed by atoms with Crippen molar-refractivity contribution < 1.29 is 0 Å². The summed E-state index contributed by atoms with van der Waals surface area (Å²) in [6, 6.07) is 5.01. The highest BCUT2D eigenvalue weighted by Crippen LogP contribution is 2.33. The number of nitrogens with zero attached hydrogens (tertiary/aromatic N) is 2. The largest absolute Gasteiger partial charge is 0.370 e. The van der Waals surface area contributed by atoms with Crippen molar-refractivity contribution in [2.45, 2.75) is 32.7 Å². The van der Waals surface area contributed by atoms with Crippen LogP contribution in [0.15, 0.2) is 12.1 Å². The number of benzene rings is 1. The maximum atomic E-state index is 6.41. The van der Waals surface area contributed by atoms with E-state index >= 15 is 0 Å². The standard InChI is InChI=1S/C15H23ClN2/c1-11-9-12(2)15(14(16)10-11)18-7-5-13(6-8-18)17(3)4/h9-10,13H,5-8H2,1-4H3. The van der Waals surface area contributed by atoms with E-state index in [0.717, 1.165) is 18.1 Å². The quantitative estimate of drug-likeness (QED) is 0.809. The molecule has 0 radical (unpaired) electrons. The summed E-state index contributed by atoms with van der Waals surface area (Å²) in [4.78, 5) is 4.78. The van der Waals surface area contributed by atoms with Gasteiger partial charge in [0.15, 0.2) is 0 Å². The Kier molecular flexibility index (Phi) is 4.18. The first-order valence-electron chi connectivity index (χ1n) is 6.67. The number of aryl methyl sites for hydroxylation is 2. The number of rotatable bonds is 2. The van der Waals surface area contributed by atoms with Crippen LogP contribution in [0, 0.1) is 13.8 Å². The molecule has 0 aromatic heterocycles. The third-order valence-electron chi connectivity index (χ3n) is 3.91. The van der Waals surface area contributed by atoms with E-state index in [-0.39, 0.29) is 0 Å². The highest BCUT2D eigenvalue weighted by Gasteiger charge is 2.23. The van der Waals surface area contributed by atoms with Gasteiger partial charge in [0, 0.05) is 19.1 Å². The van der Waals surface area contributed by atoms with E-state index < -0.39 is 0 Å². The Bertz CT molecular complexity index is 397. The van der Waals surface area contributed by atoms with Crippen LogP contribution in [0.2, 0.25) is 5.02 Å². The summed E-state index contributed by atoms with van der Waals surface area (Å²) in [5.74, 6) is 0. The molecule has 100 valence electrons. The van der Waals surface area contributed by atoms with E-state index in [0.29, 0.717) is 6.04 Å². The Morgan fingerprint density at radius 3 is 2.28 bits per heavy atom. The zero-order valence-electron chi connectivity index (χ0n) is 11.8. The first-order chi connectivity index (χ1) is 8.49. The molecule has 2 rings (SSSR count). The molecule has 1 fully saturated rings. The predicted octanol–water partition coefficient (Wildman–Crippen LogP) is 3.49. The van der Waals surface area contributed by atoms with E-state index in [9.17, 15) is 0 Å². The third-order valence-corrected chi connectivity index (χ3v) is 4.20. The summed E-state index contributed by atoms with van der Waals surface area (Å²) >= 11 is 6.41. The summed E-state index contributed by atoms with van der Waals surface area (Å²) in [5, 5.41) is 0.899. The summed E-state index contributed by atoms with van der Waals surface area (Å²) < 4.78 is 0. The van der Waals surface area contributed by atoms with Crippen LogP contribution in [-0.2, 0) is 0 Å². The molecular weight excluding hydrogens is 244 g/mol.